The molecule has 182 valence electrons. The van der Waals surface area contributed by atoms with Crippen LogP contribution in [0, 0.1) is 11.3 Å². The molecule has 0 aliphatic carbocycles. The molecule has 0 spiro atoms. The standard InChI is InChI=1S/C25H37N3O4S/c1-8-12-27(23(29)14-25(4,5)6)17-21-15-26-24(28(21)16-19(2)3)33(30,31)18-20-10-9-11-22(13-20)32-7/h8-11,13,15,19H,1,12,14,16-18H2,2-7H3. The van der Waals surface area contributed by atoms with Gasteiger partial charge in [-0.1, -0.05) is 52.8 Å². The molecule has 0 fully saturated rings. The van der Waals surface area contributed by atoms with Gasteiger partial charge in [-0.2, -0.15) is 0 Å². The van der Waals surface area contributed by atoms with Gasteiger partial charge in [0.25, 0.3) is 0 Å². The highest BCUT2D eigenvalue weighted by molar-refractivity contribution is 7.90. The van der Waals surface area contributed by atoms with E-state index in [9.17, 15) is 13.2 Å². The third-order valence-corrected chi connectivity index (χ3v) is 6.55. The number of benzene rings is 1. The summed E-state index contributed by atoms with van der Waals surface area (Å²) in [4.78, 5) is 18.9. The maximum atomic E-state index is 13.3. The van der Waals surface area contributed by atoms with Gasteiger partial charge in [0, 0.05) is 19.5 Å². The fraction of sp³-hybridized carbons (Fsp3) is 0.520. The van der Waals surface area contributed by atoms with Gasteiger partial charge in [-0.25, -0.2) is 13.4 Å². The maximum absolute atomic E-state index is 13.3. The minimum Gasteiger partial charge on any atom is -0.497 e. The number of hydrogen-bond acceptors (Lipinski definition) is 5. The first-order valence-corrected chi connectivity index (χ1v) is 12.8. The second kappa shape index (κ2) is 11.0. The van der Waals surface area contributed by atoms with Gasteiger partial charge < -0.3 is 14.2 Å². The van der Waals surface area contributed by atoms with E-state index in [4.69, 9.17) is 4.74 Å². The molecule has 0 aliphatic rings. The number of imidazole rings is 1. The van der Waals surface area contributed by atoms with Crippen molar-refractivity contribution in [3.63, 3.8) is 0 Å². The van der Waals surface area contributed by atoms with Crippen molar-refractivity contribution in [3.8, 4) is 5.75 Å². The summed E-state index contributed by atoms with van der Waals surface area (Å²) in [5.74, 6) is 0.617. The number of aromatic nitrogens is 2. The van der Waals surface area contributed by atoms with Crippen LogP contribution in [-0.2, 0) is 33.5 Å². The second-order valence-electron chi connectivity index (χ2n) is 9.95. The van der Waals surface area contributed by atoms with Gasteiger partial charge in [-0.05, 0) is 29.0 Å². The maximum Gasteiger partial charge on any atom is 0.228 e. The number of methoxy groups -OCH3 is 1. The number of ether oxygens (including phenoxy) is 1. The summed E-state index contributed by atoms with van der Waals surface area (Å²) >= 11 is 0. The molecule has 0 unspecified atom stereocenters. The molecule has 1 amide bonds. The fourth-order valence-electron chi connectivity index (χ4n) is 3.54. The molecule has 1 aromatic carbocycles. The molecule has 1 aromatic heterocycles. The highest BCUT2D eigenvalue weighted by Crippen LogP contribution is 2.24. The van der Waals surface area contributed by atoms with E-state index >= 15 is 0 Å². The average Bonchev–Trinajstić information content (AvgIpc) is 3.08. The van der Waals surface area contributed by atoms with E-state index in [1.54, 1.807) is 53.1 Å². The average molecular weight is 476 g/mol. The Hall–Kier alpha value is -2.61. The molecule has 0 aliphatic heterocycles. The Balaban J connectivity index is 2.40. The molecule has 33 heavy (non-hydrogen) atoms. The Morgan fingerprint density at radius 1 is 1.30 bits per heavy atom. The van der Waals surface area contributed by atoms with Crippen molar-refractivity contribution in [2.24, 2.45) is 11.3 Å². The minimum atomic E-state index is -3.72. The van der Waals surface area contributed by atoms with Crippen LogP contribution in [0.3, 0.4) is 0 Å². The molecule has 7 nitrogen and oxygen atoms in total. The largest absolute Gasteiger partial charge is 0.497 e. The number of hydrogen-bond donors (Lipinski definition) is 0. The topological polar surface area (TPSA) is 81.5 Å². The molecule has 0 atom stereocenters. The van der Waals surface area contributed by atoms with E-state index in [2.05, 4.69) is 11.6 Å². The summed E-state index contributed by atoms with van der Waals surface area (Å²) in [5.41, 5.74) is 1.17. The van der Waals surface area contributed by atoms with Crippen molar-refractivity contribution < 1.29 is 17.9 Å². The molecule has 0 saturated carbocycles. The predicted molar refractivity (Wildman–Crippen MR) is 131 cm³/mol. The highest BCUT2D eigenvalue weighted by atomic mass is 32.2. The van der Waals surface area contributed by atoms with E-state index in [0.717, 1.165) is 0 Å². The third-order valence-electron chi connectivity index (χ3n) is 4.95. The molecule has 0 bridgehead atoms. The van der Waals surface area contributed by atoms with Gasteiger partial charge in [-0.15, -0.1) is 6.58 Å². The zero-order valence-electron chi connectivity index (χ0n) is 20.7. The van der Waals surface area contributed by atoms with E-state index < -0.39 is 9.84 Å². The SMILES string of the molecule is C=CCN(Cc1cnc(S(=O)(=O)Cc2cccc(OC)c2)n1CC(C)C)C(=O)CC(C)(C)C. The zero-order valence-corrected chi connectivity index (χ0v) is 21.5. The van der Waals surface area contributed by atoms with Gasteiger partial charge in [-0.3, -0.25) is 4.79 Å². The van der Waals surface area contributed by atoms with Crippen molar-refractivity contribution in [2.75, 3.05) is 13.7 Å². The van der Waals surface area contributed by atoms with Gasteiger partial charge >= 0.3 is 0 Å². The number of carbonyl (C=O) groups is 1. The molecular formula is C25H37N3O4S. The molecule has 0 radical (unpaired) electrons. The van der Waals surface area contributed by atoms with Crippen LogP contribution in [0.2, 0.25) is 0 Å². The van der Waals surface area contributed by atoms with Crippen molar-refractivity contribution >= 4 is 15.7 Å². The molecule has 0 N–H and O–H groups in total. The molecule has 2 rings (SSSR count). The van der Waals surface area contributed by atoms with Gasteiger partial charge in [0.05, 0.1) is 31.3 Å². The third kappa shape index (κ3) is 7.74. The van der Waals surface area contributed by atoms with Gasteiger partial charge in [0.15, 0.2) is 0 Å². The van der Waals surface area contributed by atoms with Crippen molar-refractivity contribution in [1.29, 1.82) is 0 Å². The van der Waals surface area contributed by atoms with Crippen LogP contribution >= 0.6 is 0 Å². The van der Waals surface area contributed by atoms with Crippen LogP contribution in [0.1, 0.15) is 52.3 Å². The molecule has 1 heterocycles. The van der Waals surface area contributed by atoms with E-state index in [0.29, 0.717) is 36.5 Å². The number of nitrogens with zero attached hydrogens (tertiary/aromatic N) is 3. The summed E-state index contributed by atoms with van der Waals surface area (Å²) in [6, 6.07) is 7.01. The lowest BCUT2D eigenvalue weighted by Crippen LogP contribution is -2.34. The van der Waals surface area contributed by atoms with E-state index in [-0.39, 0.29) is 34.7 Å². The van der Waals surface area contributed by atoms with E-state index in [1.807, 2.05) is 34.6 Å². The van der Waals surface area contributed by atoms with Gasteiger partial charge in [0.2, 0.25) is 20.9 Å². The fourth-order valence-corrected chi connectivity index (χ4v) is 5.03. The number of sulfone groups is 1. The monoisotopic (exact) mass is 475 g/mol. The smallest absolute Gasteiger partial charge is 0.228 e. The Labute approximate surface area is 198 Å². The first-order chi connectivity index (χ1) is 15.4. The van der Waals surface area contributed by atoms with Crippen LogP contribution < -0.4 is 4.74 Å². The van der Waals surface area contributed by atoms with Crippen LogP contribution in [0.5, 0.6) is 5.75 Å². The van der Waals surface area contributed by atoms with Crippen molar-refractivity contribution in [2.45, 2.75) is 65.0 Å². The predicted octanol–water partition coefficient (Wildman–Crippen LogP) is 4.47. The molecule has 2 aromatic rings. The first kappa shape index (κ1) is 26.6. The molecule has 8 heteroatoms. The lowest BCUT2D eigenvalue weighted by molar-refractivity contribution is -0.133. The Kier molecular flexibility index (Phi) is 8.89. The first-order valence-electron chi connectivity index (χ1n) is 11.1. The summed E-state index contributed by atoms with van der Waals surface area (Å²) in [6.45, 7) is 15.0. The van der Waals surface area contributed by atoms with Gasteiger partial charge in [0.1, 0.15) is 5.75 Å². The summed E-state index contributed by atoms with van der Waals surface area (Å²) in [5, 5.41) is 0.0239. The second-order valence-corrected chi connectivity index (χ2v) is 11.8. The Bertz CT molecular complexity index is 1070. The highest BCUT2D eigenvalue weighted by Gasteiger charge is 2.27. The summed E-state index contributed by atoms with van der Waals surface area (Å²) in [6.07, 6.45) is 3.64. The van der Waals surface area contributed by atoms with Crippen LogP contribution in [0.4, 0.5) is 0 Å². The minimum absolute atomic E-state index is 0.000449. The number of carbonyl (C=O) groups excluding carboxylic acids is 1. The lowest BCUT2D eigenvalue weighted by Gasteiger charge is -2.26. The molecule has 0 saturated heterocycles. The quantitative estimate of drug-likeness (QED) is 0.448. The Morgan fingerprint density at radius 3 is 2.58 bits per heavy atom. The molecular weight excluding hydrogens is 438 g/mol. The van der Waals surface area contributed by atoms with Crippen LogP contribution in [-0.4, -0.2) is 42.4 Å². The summed E-state index contributed by atoms with van der Waals surface area (Å²) in [7, 11) is -2.17. The zero-order chi connectivity index (χ0) is 24.8. The Morgan fingerprint density at radius 2 is 2.00 bits per heavy atom. The van der Waals surface area contributed by atoms with Crippen molar-refractivity contribution in [1.82, 2.24) is 14.5 Å². The normalized spacial score (nSPS) is 12.1. The van der Waals surface area contributed by atoms with Crippen LogP contribution in [0.15, 0.2) is 48.3 Å². The lowest BCUT2D eigenvalue weighted by atomic mass is 9.91. The van der Waals surface area contributed by atoms with Crippen LogP contribution in [0.25, 0.3) is 0 Å². The number of amides is 1. The van der Waals surface area contributed by atoms with Crippen molar-refractivity contribution in [3.05, 3.63) is 54.4 Å². The van der Waals surface area contributed by atoms with E-state index in [1.165, 1.54) is 0 Å². The summed E-state index contributed by atoms with van der Waals surface area (Å²) < 4.78 is 33.6. The number of rotatable bonds is 11.